The van der Waals surface area contributed by atoms with Crippen LogP contribution >= 0.6 is 0 Å². The van der Waals surface area contributed by atoms with Gasteiger partial charge < -0.3 is 0 Å². The Hall–Kier alpha value is -1.99. The molecule has 0 aliphatic heterocycles. The Balaban J connectivity index is 2.58. The van der Waals surface area contributed by atoms with Crippen LogP contribution in [0.15, 0.2) is 52.3 Å². The summed E-state index contributed by atoms with van der Waals surface area (Å²) in [7, 11) is -1.54. The van der Waals surface area contributed by atoms with Gasteiger partial charge in [0.05, 0.1) is 15.7 Å². The molecule has 2 rings (SSSR count). The molecule has 0 fully saturated rings. The summed E-state index contributed by atoms with van der Waals surface area (Å²) in [6.45, 7) is 1.83. The lowest BCUT2D eigenvalue weighted by molar-refractivity contribution is 0.618. The van der Waals surface area contributed by atoms with Gasteiger partial charge in [-0.1, -0.05) is 24.3 Å². The van der Waals surface area contributed by atoms with Gasteiger partial charge in [0.2, 0.25) is 0 Å². The molecule has 0 spiro atoms. The van der Waals surface area contributed by atoms with Crippen molar-refractivity contribution in [1.29, 1.82) is 5.26 Å². The van der Waals surface area contributed by atoms with E-state index in [2.05, 4.69) is 0 Å². The van der Waals surface area contributed by atoms with E-state index in [1.54, 1.807) is 18.2 Å². The Bertz CT molecular complexity index is 661. The van der Waals surface area contributed by atoms with E-state index in [4.69, 9.17) is 5.26 Å². The lowest BCUT2D eigenvalue weighted by Crippen LogP contribution is -2.00. The van der Waals surface area contributed by atoms with Crippen molar-refractivity contribution >= 4 is 10.8 Å². The summed E-state index contributed by atoms with van der Waals surface area (Å²) in [6.07, 6.45) is 0. The summed E-state index contributed by atoms with van der Waals surface area (Å²) >= 11 is 0. The molecule has 0 heterocycles. The fourth-order valence-electron chi connectivity index (χ4n) is 1.65. The van der Waals surface area contributed by atoms with Gasteiger partial charge in [-0.25, -0.2) is 8.60 Å². The maximum Gasteiger partial charge on any atom is 0.142 e. The molecule has 2 aromatic rings. The third-order valence-electron chi connectivity index (χ3n) is 2.58. The second-order valence-corrected chi connectivity index (χ2v) is 5.18. The van der Waals surface area contributed by atoms with Crippen LogP contribution < -0.4 is 0 Å². The van der Waals surface area contributed by atoms with E-state index in [0.717, 1.165) is 5.56 Å². The van der Waals surface area contributed by atoms with Crippen molar-refractivity contribution in [3.63, 3.8) is 0 Å². The molecule has 0 amide bonds. The van der Waals surface area contributed by atoms with Crippen LogP contribution in [0.25, 0.3) is 0 Å². The van der Waals surface area contributed by atoms with Crippen molar-refractivity contribution in [2.45, 2.75) is 16.7 Å². The van der Waals surface area contributed by atoms with E-state index in [1.807, 2.05) is 19.1 Å². The number of aryl methyl sites for hydroxylation is 1. The predicted octanol–water partition coefficient (Wildman–Crippen LogP) is 3.17. The summed E-state index contributed by atoms with van der Waals surface area (Å²) in [5.41, 5.74) is 0.697. The highest BCUT2D eigenvalue weighted by Crippen LogP contribution is 2.23. The van der Waals surface area contributed by atoms with Gasteiger partial charge >= 0.3 is 0 Å². The molecule has 0 aliphatic carbocycles. The van der Waals surface area contributed by atoms with Gasteiger partial charge in [-0.2, -0.15) is 5.26 Å². The molecule has 0 radical (unpaired) electrons. The van der Waals surface area contributed by atoms with Gasteiger partial charge in [-0.3, -0.25) is 0 Å². The lowest BCUT2D eigenvalue weighted by Gasteiger charge is -2.07. The molecule has 4 heteroatoms. The highest BCUT2D eigenvalue weighted by Gasteiger charge is 2.16. The van der Waals surface area contributed by atoms with E-state index in [-0.39, 0.29) is 10.5 Å². The molecule has 90 valence electrons. The monoisotopic (exact) mass is 259 g/mol. The number of rotatable bonds is 2. The summed E-state index contributed by atoms with van der Waals surface area (Å²) in [6, 6.07) is 13.1. The zero-order chi connectivity index (χ0) is 13.1. The lowest BCUT2D eigenvalue weighted by atomic mass is 10.2. The molecule has 0 N–H and O–H groups in total. The maximum atomic E-state index is 13.5. The van der Waals surface area contributed by atoms with Gasteiger partial charge in [0.15, 0.2) is 0 Å². The molecule has 0 saturated carbocycles. The van der Waals surface area contributed by atoms with Crippen LogP contribution in [0.1, 0.15) is 11.1 Å². The van der Waals surface area contributed by atoms with Gasteiger partial charge in [-0.05, 0) is 30.7 Å². The van der Waals surface area contributed by atoms with Gasteiger partial charge in [0.25, 0.3) is 0 Å². The van der Waals surface area contributed by atoms with E-state index in [0.29, 0.717) is 4.90 Å². The molecule has 0 bridgehead atoms. The zero-order valence-corrected chi connectivity index (χ0v) is 10.5. The van der Waals surface area contributed by atoms with Crippen molar-refractivity contribution in [2.75, 3.05) is 0 Å². The first-order chi connectivity index (χ1) is 8.65. The highest BCUT2D eigenvalue weighted by molar-refractivity contribution is 7.85. The second kappa shape index (κ2) is 5.11. The van der Waals surface area contributed by atoms with E-state index < -0.39 is 16.6 Å². The average Bonchev–Trinajstić information content (AvgIpc) is 2.38. The molecule has 1 atom stereocenters. The van der Waals surface area contributed by atoms with Crippen molar-refractivity contribution in [2.24, 2.45) is 0 Å². The summed E-state index contributed by atoms with van der Waals surface area (Å²) in [5, 5.41) is 8.94. The fraction of sp³-hybridized carbons (Fsp3) is 0.0714. The molecule has 0 unspecified atom stereocenters. The minimum absolute atomic E-state index is 0.154. The van der Waals surface area contributed by atoms with Crippen molar-refractivity contribution in [3.05, 3.63) is 59.4 Å². The molecular formula is C14H10FNOS. The summed E-state index contributed by atoms with van der Waals surface area (Å²) < 4.78 is 25.9. The van der Waals surface area contributed by atoms with Gasteiger partial charge in [0, 0.05) is 4.90 Å². The van der Waals surface area contributed by atoms with Crippen LogP contribution in [-0.4, -0.2) is 4.21 Å². The zero-order valence-electron chi connectivity index (χ0n) is 9.68. The second-order valence-electron chi connectivity index (χ2n) is 3.76. The Labute approximate surface area is 107 Å². The van der Waals surface area contributed by atoms with E-state index in [9.17, 15) is 8.60 Å². The molecule has 2 aromatic carbocycles. The topological polar surface area (TPSA) is 40.9 Å². The van der Waals surface area contributed by atoms with Crippen molar-refractivity contribution in [3.8, 4) is 6.07 Å². The predicted molar refractivity (Wildman–Crippen MR) is 67.0 cm³/mol. The number of hydrogen-bond donors (Lipinski definition) is 0. The Morgan fingerprint density at radius 1 is 1.11 bits per heavy atom. The van der Waals surface area contributed by atoms with Crippen LogP contribution in [0.5, 0.6) is 0 Å². The highest BCUT2D eigenvalue weighted by atomic mass is 32.2. The number of nitriles is 1. The van der Waals surface area contributed by atoms with Gasteiger partial charge in [-0.15, -0.1) is 0 Å². The average molecular weight is 259 g/mol. The normalized spacial score (nSPS) is 11.8. The Morgan fingerprint density at radius 3 is 2.44 bits per heavy atom. The number of benzene rings is 2. The van der Waals surface area contributed by atoms with Crippen molar-refractivity contribution < 1.29 is 8.60 Å². The largest absolute Gasteiger partial charge is 0.249 e. The first-order valence-electron chi connectivity index (χ1n) is 5.31. The Morgan fingerprint density at radius 2 is 1.78 bits per heavy atom. The molecule has 0 saturated heterocycles. The van der Waals surface area contributed by atoms with Crippen LogP contribution in [0, 0.1) is 24.1 Å². The standard InChI is InChI=1S/C14H10FNOS/c1-10-5-2-3-7-13(10)18(17)14-8-4-6-12(15)11(14)9-16/h2-8H,1H3/t18-/m0/s1. The smallest absolute Gasteiger partial charge is 0.142 e. The third-order valence-corrected chi connectivity index (χ3v) is 4.18. The quantitative estimate of drug-likeness (QED) is 0.831. The molecular weight excluding hydrogens is 249 g/mol. The number of nitrogens with zero attached hydrogens (tertiary/aromatic N) is 1. The third kappa shape index (κ3) is 2.18. The van der Waals surface area contributed by atoms with Crippen LogP contribution in [0.2, 0.25) is 0 Å². The van der Waals surface area contributed by atoms with Crippen LogP contribution in [0.3, 0.4) is 0 Å². The van der Waals surface area contributed by atoms with Gasteiger partial charge in [0.1, 0.15) is 17.4 Å². The van der Waals surface area contributed by atoms with E-state index in [1.165, 1.54) is 18.2 Å². The molecule has 18 heavy (non-hydrogen) atoms. The first-order valence-corrected chi connectivity index (χ1v) is 6.46. The minimum atomic E-state index is -1.54. The number of halogens is 1. The summed E-state index contributed by atoms with van der Waals surface area (Å²) in [5.74, 6) is -0.642. The van der Waals surface area contributed by atoms with Crippen molar-refractivity contribution in [1.82, 2.24) is 0 Å². The maximum absolute atomic E-state index is 13.5. The minimum Gasteiger partial charge on any atom is -0.249 e. The SMILES string of the molecule is Cc1ccccc1[S@](=O)c1cccc(F)c1C#N. The fourth-order valence-corrected chi connectivity index (χ4v) is 2.98. The first kappa shape index (κ1) is 12.5. The van der Waals surface area contributed by atoms with E-state index >= 15 is 0 Å². The van der Waals surface area contributed by atoms with Crippen LogP contribution in [0.4, 0.5) is 4.39 Å². The molecule has 0 aromatic heterocycles. The molecule has 0 aliphatic rings. The summed E-state index contributed by atoms with van der Waals surface area (Å²) in [4.78, 5) is 0.811. The molecule has 2 nitrogen and oxygen atoms in total. The van der Waals surface area contributed by atoms with Crippen LogP contribution in [-0.2, 0) is 10.8 Å². The Kier molecular flexibility index (Phi) is 3.54. The number of hydrogen-bond acceptors (Lipinski definition) is 2.